The number of nitrogens with one attached hydrogen (secondary N) is 2. The summed E-state index contributed by atoms with van der Waals surface area (Å²) < 4.78 is 1.17. The zero-order chi connectivity index (χ0) is 15.4. The summed E-state index contributed by atoms with van der Waals surface area (Å²) in [6.07, 6.45) is 3.85. The van der Waals surface area contributed by atoms with Crippen LogP contribution in [0.2, 0.25) is 0 Å². The lowest BCUT2D eigenvalue weighted by Gasteiger charge is -2.21. The van der Waals surface area contributed by atoms with E-state index in [-0.39, 0.29) is 24.0 Å². The molecule has 1 aromatic carbocycles. The summed E-state index contributed by atoms with van der Waals surface area (Å²) in [7, 11) is 0. The van der Waals surface area contributed by atoms with E-state index in [1.54, 1.807) is 0 Å². The standard InChI is InChI=1S/C17H25BrN4.HI/c1-2-19-17(20-11-13-7-8-13)21-14-9-10-22(12-14)16-6-4-3-5-15(16)18;/h3-6,13-14H,2,7-12H2,1H3,(H2,19,20,21);1H. The highest BCUT2D eigenvalue weighted by Crippen LogP contribution is 2.29. The molecule has 1 heterocycles. The highest BCUT2D eigenvalue weighted by Gasteiger charge is 2.25. The van der Waals surface area contributed by atoms with Gasteiger partial charge in [0.25, 0.3) is 0 Å². The molecule has 0 amide bonds. The summed E-state index contributed by atoms with van der Waals surface area (Å²) in [5.41, 5.74) is 1.28. The third-order valence-corrected chi connectivity index (χ3v) is 4.94. The lowest BCUT2D eigenvalue weighted by atomic mass is 10.2. The molecule has 1 aromatic rings. The largest absolute Gasteiger partial charge is 0.368 e. The number of hydrogen-bond donors (Lipinski definition) is 2. The van der Waals surface area contributed by atoms with Crippen molar-refractivity contribution in [2.75, 3.05) is 31.1 Å². The number of benzene rings is 1. The molecule has 4 nitrogen and oxygen atoms in total. The molecular formula is C17H26BrIN4. The van der Waals surface area contributed by atoms with E-state index in [1.807, 2.05) is 0 Å². The minimum Gasteiger partial charge on any atom is -0.368 e. The summed E-state index contributed by atoms with van der Waals surface area (Å²) in [5, 5.41) is 6.97. The van der Waals surface area contributed by atoms with Crippen molar-refractivity contribution in [3.05, 3.63) is 28.7 Å². The topological polar surface area (TPSA) is 39.7 Å². The molecule has 0 bridgehead atoms. The van der Waals surface area contributed by atoms with E-state index in [1.165, 1.54) is 23.0 Å². The van der Waals surface area contributed by atoms with Crippen LogP contribution in [0.4, 0.5) is 5.69 Å². The number of nitrogens with zero attached hydrogens (tertiary/aromatic N) is 2. The van der Waals surface area contributed by atoms with Gasteiger partial charge in [0.1, 0.15) is 0 Å². The van der Waals surface area contributed by atoms with E-state index in [4.69, 9.17) is 4.99 Å². The van der Waals surface area contributed by atoms with Crippen molar-refractivity contribution in [1.29, 1.82) is 0 Å². The molecule has 1 aliphatic heterocycles. The van der Waals surface area contributed by atoms with Gasteiger partial charge < -0.3 is 15.5 Å². The van der Waals surface area contributed by atoms with Crippen molar-refractivity contribution in [2.45, 2.75) is 32.2 Å². The number of anilines is 1. The van der Waals surface area contributed by atoms with Gasteiger partial charge in [-0.05, 0) is 60.2 Å². The van der Waals surface area contributed by atoms with Crippen LogP contribution < -0.4 is 15.5 Å². The Kier molecular flexibility index (Phi) is 7.46. The van der Waals surface area contributed by atoms with Crippen LogP contribution in [0.5, 0.6) is 0 Å². The lowest BCUT2D eigenvalue weighted by Crippen LogP contribution is -2.44. The molecular weight excluding hydrogens is 467 g/mol. The smallest absolute Gasteiger partial charge is 0.191 e. The molecule has 0 radical (unpaired) electrons. The summed E-state index contributed by atoms with van der Waals surface area (Å²) in [6.45, 7) is 6.11. The second-order valence-electron chi connectivity index (χ2n) is 6.19. The first-order valence-corrected chi connectivity index (χ1v) is 9.10. The van der Waals surface area contributed by atoms with E-state index in [0.29, 0.717) is 6.04 Å². The molecule has 23 heavy (non-hydrogen) atoms. The van der Waals surface area contributed by atoms with Crippen molar-refractivity contribution >= 4 is 51.6 Å². The summed E-state index contributed by atoms with van der Waals surface area (Å²) in [4.78, 5) is 7.16. The van der Waals surface area contributed by atoms with E-state index >= 15 is 0 Å². The van der Waals surface area contributed by atoms with Crippen LogP contribution >= 0.6 is 39.9 Å². The van der Waals surface area contributed by atoms with Gasteiger partial charge in [0.15, 0.2) is 5.96 Å². The third kappa shape index (κ3) is 5.52. The van der Waals surface area contributed by atoms with Crippen LogP contribution in [0.15, 0.2) is 33.7 Å². The van der Waals surface area contributed by atoms with Gasteiger partial charge in [-0.15, -0.1) is 24.0 Å². The van der Waals surface area contributed by atoms with Crippen LogP contribution in [-0.4, -0.2) is 38.2 Å². The Labute approximate surface area is 164 Å². The normalized spacial score (nSPS) is 21.0. The number of rotatable bonds is 5. The van der Waals surface area contributed by atoms with E-state index in [0.717, 1.165) is 44.5 Å². The molecule has 3 rings (SSSR count). The third-order valence-electron chi connectivity index (χ3n) is 4.27. The Morgan fingerprint density at radius 3 is 2.78 bits per heavy atom. The molecule has 128 valence electrons. The predicted octanol–water partition coefficient (Wildman–Crippen LogP) is 3.61. The van der Waals surface area contributed by atoms with Crippen molar-refractivity contribution in [3.8, 4) is 0 Å². The number of halogens is 2. The molecule has 2 fully saturated rings. The van der Waals surface area contributed by atoms with Gasteiger partial charge in [-0.2, -0.15) is 0 Å². The summed E-state index contributed by atoms with van der Waals surface area (Å²) in [5.74, 6) is 1.81. The number of hydrogen-bond acceptors (Lipinski definition) is 2. The van der Waals surface area contributed by atoms with Crippen molar-refractivity contribution in [1.82, 2.24) is 10.6 Å². The molecule has 0 spiro atoms. The quantitative estimate of drug-likeness (QED) is 0.374. The second-order valence-corrected chi connectivity index (χ2v) is 7.04. The fourth-order valence-corrected chi connectivity index (χ4v) is 3.37. The fraction of sp³-hybridized carbons (Fsp3) is 0.588. The highest BCUT2D eigenvalue weighted by atomic mass is 127. The van der Waals surface area contributed by atoms with Crippen LogP contribution in [0.1, 0.15) is 26.2 Å². The van der Waals surface area contributed by atoms with Gasteiger partial charge in [-0.25, -0.2) is 0 Å². The SMILES string of the molecule is CCNC(=NCC1CC1)NC1CCN(c2ccccc2Br)C1.I. The molecule has 1 saturated heterocycles. The minimum atomic E-state index is 0. The first kappa shape index (κ1) is 18.8. The maximum atomic E-state index is 4.72. The molecule has 2 N–H and O–H groups in total. The first-order valence-electron chi connectivity index (χ1n) is 8.30. The number of guanidine groups is 1. The van der Waals surface area contributed by atoms with Gasteiger partial charge in [-0.1, -0.05) is 12.1 Å². The Hall–Kier alpha value is -0.500. The Morgan fingerprint density at radius 2 is 2.09 bits per heavy atom. The van der Waals surface area contributed by atoms with Gasteiger partial charge in [0, 0.05) is 36.7 Å². The summed E-state index contributed by atoms with van der Waals surface area (Å²) >= 11 is 3.65. The zero-order valence-corrected chi connectivity index (χ0v) is 17.5. The molecule has 6 heteroatoms. The highest BCUT2D eigenvalue weighted by molar-refractivity contribution is 14.0. The van der Waals surface area contributed by atoms with E-state index in [9.17, 15) is 0 Å². The van der Waals surface area contributed by atoms with Crippen LogP contribution in [0.25, 0.3) is 0 Å². The first-order chi connectivity index (χ1) is 10.8. The predicted molar refractivity (Wildman–Crippen MR) is 112 cm³/mol. The van der Waals surface area contributed by atoms with Gasteiger partial charge in [0.2, 0.25) is 0 Å². The fourth-order valence-electron chi connectivity index (χ4n) is 2.84. The van der Waals surface area contributed by atoms with Crippen LogP contribution in [0, 0.1) is 5.92 Å². The molecule has 1 aliphatic carbocycles. The number of para-hydroxylation sites is 1. The number of aliphatic imine (C=N–C) groups is 1. The average molecular weight is 493 g/mol. The Morgan fingerprint density at radius 1 is 1.30 bits per heavy atom. The molecule has 0 aromatic heterocycles. The van der Waals surface area contributed by atoms with Crippen molar-refractivity contribution in [3.63, 3.8) is 0 Å². The van der Waals surface area contributed by atoms with Gasteiger partial charge in [-0.3, -0.25) is 4.99 Å². The Balaban J connectivity index is 0.00000192. The molecule has 1 atom stereocenters. The average Bonchev–Trinajstić information content (AvgIpc) is 3.24. The Bertz CT molecular complexity index is 533. The maximum absolute atomic E-state index is 4.72. The van der Waals surface area contributed by atoms with Gasteiger partial charge >= 0.3 is 0 Å². The van der Waals surface area contributed by atoms with E-state index in [2.05, 4.69) is 62.7 Å². The van der Waals surface area contributed by atoms with Crippen molar-refractivity contribution < 1.29 is 0 Å². The van der Waals surface area contributed by atoms with E-state index < -0.39 is 0 Å². The monoisotopic (exact) mass is 492 g/mol. The van der Waals surface area contributed by atoms with Crippen LogP contribution in [0.3, 0.4) is 0 Å². The zero-order valence-electron chi connectivity index (χ0n) is 13.6. The minimum absolute atomic E-state index is 0. The molecule has 1 unspecified atom stereocenters. The maximum Gasteiger partial charge on any atom is 0.191 e. The molecule has 2 aliphatic rings. The van der Waals surface area contributed by atoms with Crippen LogP contribution in [-0.2, 0) is 0 Å². The van der Waals surface area contributed by atoms with Gasteiger partial charge in [0.05, 0.1) is 5.69 Å². The lowest BCUT2D eigenvalue weighted by molar-refractivity contribution is 0.647. The second kappa shape index (κ2) is 9.11. The summed E-state index contributed by atoms with van der Waals surface area (Å²) in [6, 6.07) is 8.91. The van der Waals surface area contributed by atoms with Crippen molar-refractivity contribution in [2.24, 2.45) is 10.9 Å². The molecule has 1 saturated carbocycles.